The lowest BCUT2D eigenvalue weighted by atomic mass is 9.88. The van der Waals surface area contributed by atoms with Gasteiger partial charge in [-0.3, -0.25) is 4.79 Å². The molecule has 0 radical (unpaired) electrons. The van der Waals surface area contributed by atoms with Crippen LogP contribution in [-0.2, 0) is 4.79 Å². The van der Waals surface area contributed by atoms with E-state index < -0.39 is 0 Å². The SMILES string of the molecule is C[C@H](N)NC(=O)C1CCCCC1. The predicted molar refractivity (Wildman–Crippen MR) is 48.4 cm³/mol. The third kappa shape index (κ3) is 2.81. The van der Waals surface area contributed by atoms with Gasteiger partial charge < -0.3 is 11.1 Å². The second-order valence-electron chi connectivity index (χ2n) is 3.63. The molecular weight excluding hydrogens is 152 g/mol. The van der Waals surface area contributed by atoms with Crippen molar-refractivity contribution < 1.29 is 4.79 Å². The Morgan fingerprint density at radius 3 is 2.50 bits per heavy atom. The van der Waals surface area contributed by atoms with Gasteiger partial charge in [0.2, 0.25) is 5.91 Å². The molecule has 3 N–H and O–H groups in total. The van der Waals surface area contributed by atoms with Crippen molar-refractivity contribution in [2.45, 2.75) is 45.2 Å². The molecule has 0 spiro atoms. The summed E-state index contributed by atoms with van der Waals surface area (Å²) in [6, 6.07) is 0. The predicted octanol–water partition coefficient (Wildman–Crippen LogP) is 0.988. The maximum absolute atomic E-state index is 11.4. The van der Waals surface area contributed by atoms with E-state index in [1.54, 1.807) is 6.92 Å². The standard InChI is InChI=1S/C9H18N2O/c1-7(10)11-9(12)8-5-3-2-4-6-8/h7-8H,2-6,10H2,1H3,(H,11,12)/t7-/m1/s1. The molecule has 1 atom stereocenters. The third-order valence-electron chi connectivity index (χ3n) is 2.35. The van der Waals surface area contributed by atoms with Crippen LogP contribution in [0.25, 0.3) is 0 Å². The van der Waals surface area contributed by atoms with Crippen molar-refractivity contribution in [2.24, 2.45) is 11.7 Å². The molecule has 0 bridgehead atoms. The molecule has 1 aliphatic carbocycles. The molecule has 0 aromatic carbocycles. The minimum absolute atomic E-state index is 0.143. The Bertz CT molecular complexity index is 151. The fourth-order valence-electron chi connectivity index (χ4n) is 1.71. The van der Waals surface area contributed by atoms with Crippen molar-refractivity contribution in [3.05, 3.63) is 0 Å². The summed E-state index contributed by atoms with van der Waals surface area (Å²) in [5.74, 6) is 0.370. The van der Waals surface area contributed by atoms with Crippen molar-refractivity contribution >= 4 is 5.91 Å². The average molecular weight is 170 g/mol. The lowest BCUT2D eigenvalue weighted by Crippen LogP contribution is -2.42. The second kappa shape index (κ2) is 4.45. The molecule has 0 unspecified atom stereocenters. The van der Waals surface area contributed by atoms with Crippen LogP contribution in [0.1, 0.15) is 39.0 Å². The summed E-state index contributed by atoms with van der Waals surface area (Å²) in [6.45, 7) is 1.79. The van der Waals surface area contributed by atoms with Gasteiger partial charge in [-0.15, -0.1) is 0 Å². The molecule has 1 saturated carbocycles. The fraction of sp³-hybridized carbons (Fsp3) is 0.889. The Balaban J connectivity index is 2.30. The molecule has 0 aromatic heterocycles. The van der Waals surface area contributed by atoms with Crippen molar-refractivity contribution in [2.75, 3.05) is 0 Å². The molecule has 1 rings (SSSR count). The molecule has 0 aliphatic heterocycles. The Kier molecular flexibility index (Phi) is 3.53. The summed E-state index contributed by atoms with van der Waals surface area (Å²) in [7, 11) is 0. The van der Waals surface area contributed by atoms with Crippen LogP contribution in [0, 0.1) is 5.92 Å². The minimum atomic E-state index is -0.209. The molecule has 0 heterocycles. The van der Waals surface area contributed by atoms with Gasteiger partial charge in [-0.1, -0.05) is 19.3 Å². The first-order chi connectivity index (χ1) is 5.70. The van der Waals surface area contributed by atoms with E-state index in [4.69, 9.17) is 5.73 Å². The highest BCUT2D eigenvalue weighted by Gasteiger charge is 2.20. The largest absolute Gasteiger partial charge is 0.341 e. The third-order valence-corrected chi connectivity index (χ3v) is 2.35. The van der Waals surface area contributed by atoms with Gasteiger partial charge >= 0.3 is 0 Å². The molecule has 1 fully saturated rings. The number of amides is 1. The van der Waals surface area contributed by atoms with E-state index in [0.717, 1.165) is 12.8 Å². The van der Waals surface area contributed by atoms with E-state index in [1.165, 1.54) is 19.3 Å². The van der Waals surface area contributed by atoms with Crippen LogP contribution in [0.2, 0.25) is 0 Å². The van der Waals surface area contributed by atoms with E-state index in [2.05, 4.69) is 5.32 Å². The quantitative estimate of drug-likeness (QED) is 0.607. The van der Waals surface area contributed by atoms with E-state index in [9.17, 15) is 4.79 Å². The van der Waals surface area contributed by atoms with E-state index in [-0.39, 0.29) is 18.0 Å². The summed E-state index contributed by atoms with van der Waals surface area (Å²) < 4.78 is 0. The number of carbonyl (C=O) groups excluding carboxylic acids is 1. The minimum Gasteiger partial charge on any atom is -0.341 e. The molecule has 0 saturated heterocycles. The highest BCUT2D eigenvalue weighted by molar-refractivity contribution is 5.78. The average Bonchev–Trinajstić information content (AvgIpc) is 2.05. The molecule has 1 aliphatic rings. The molecule has 3 heteroatoms. The Morgan fingerprint density at radius 2 is 2.00 bits per heavy atom. The molecule has 1 amide bonds. The molecule has 0 aromatic rings. The lowest BCUT2D eigenvalue weighted by Gasteiger charge is -2.21. The summed E-state index contributed by atoms with van der Waals surface area (Å²) in [6.07, 6.45) is 5.53. The van der Waals surface area contributed by atoms with Crippen molar-refractivity contribution in [3.63, 3.8) is 0 Å². The maximum atomic E-state index is 11.4. The normalized spacial score (nSPS) is 21.8. The zero-order valence-electron chi connectivity index (χ0n) is 7.68. The van der Waals surface area contributed by atoms with Gasteiger partial charge in [0.15, 0.2) is 0 Å². The van der Waals surface area contributed by atoms with Crippen molar-refractivity contribution in [1.29, 1.82) is 0 Å². The molecular formula is C9H18N2O. The maximum Gasteiger partial charge on any atom is 0.224 e. The fourth-order valence-corrected chi connectivity index (χ4v) is 1.71. The Morgan fingerprint density at radius 1 is 1.42 bits per heavy atom. The van der Waals surface area contributed by atoms with Crippen LogP contribution in [0.4, 0.5) is 0 Å². The number of hydrogen-bond donors (Lipinski definition) is 2. The summed E-state index contributed by atoms with van der Waals surface area (Å²) in [4.78, 5) is 11.4. The van der Waals surface area contributed by atoms with Crippen LogP contribution < -0.4 is 11.1 Å². The summed E-state index contributed by atoms with van der Waals surface area (Å²) in [5.41, 5.74) is 5.47. The second-order valence-corrected chi connectivity index (χ2v) is 3.63. The van der Waals surface area contributed by atoms with Crippen LogP contribution in [0.5, 0.6) is 0 Å². The Labute approximate surface area is 73.7 Å². The van der Waals surface area contributed by atoms with Gasteiger partial charge in [0, 0.05) is 5.92 Å². The first-order valence-electron chi connectivity index (χ1n) is 4.76. The van der Waals surface area contributed by atoms with E-state index >= 15 is 0 Å². The Hall–Kier alpha value is -0.570. The number of hydrogen-bond acceptors (Lipinski definition) is 2. The summed E-state index contributed by atoms with van der Waals surface area (Å²) >= 11 is 0. The topological polar surface area (TPSA) is 55.1 Å². The van der Waals surface area contributed by atoms with Gasteiger partial charge in [0.05, 0.1) is 6.17 Å². The summed E-state index contributed by atoms with van der Waals surface area (Å²) in [5, 5.41) is 2.75. The van der Waals surface area contributed by atoms with Gasteiger partial charge in [0.1, 0.15) is 0 Å². The first-order valence-corrected chi connectivity index (χ1v) is 4.76. The van der Waals surface area contributed by atoms with Crippen LogP contribution in [-0.4, -0.2) is 12.1 Å². The lowest BCUT2D eigenvalue weighted by molar-refractivity contribution is -0.126. The van der Waals surface area contributed by atoms with Gasteiger partial charge in [-0.05, 0) is 19.8 Å². The van der Waals surface area contributed by atoms with E-state index in [1.807, 2.05) is 0 Å². The highest BCUT2D eigenvalue weighted by atomic mass is 16.2. The molecule has 3 nitrogen and oxygen atoms in total. The van der Waals surface area contributed by atoms with Gasteiger partial charge in [-0.25, -0.2) is 0 Å². The zero-order valence-corrected chi connectivity index (χ0v) is 7.68. The van der Waals surface area contributed by atoms with Crippen molar-refractivity contribution in [3.8, 4) is 0 Å². The molecule has 12 heavy (non-hydrogen) atoms. The van der Waals surface area contributed by atoms with Crippen LogP contribution >= 0.6 is 0 Å². The number of carbonyl (C=O) groups is 1. The number of rotatable bonds is 2. The van der Waals surface area contributed by atoms with Gasteiger partial charge in [-0.2, -0.15) is 0 Å². The molecule has 70 valence electrons. The first kappa shape index (κ1) is 9.52. The number of nitrogens with one attached hydrogen (secondary N) is 1. The van der Waals surface area contributed by atoms with Crippen molar-refractivity contribution in [1.82, 2.24) is 5.32 Å². The van der Waals surface area contributed by atoms with Crippen LogP contribution in [0.15, 0.2) is 0 Å². The monoisotopic (exact) mass is 170 g/mol. The highest BCUT2D eigenvalue weighted by Crippen LogP contribution is 2.23. The smallest absolute Gasteiger partial charge is 0.224 e. The van der Waals surface area contributed by atoms with Crippen LogP contribution in [0.3, 0.4) is 0 Å². The van der Waals surface area contributed by atoms with Gasteiger partial charge in [0.25, 0.3) is 0 Å². The zero-order chi connectivity index (χ0) is 8.97. The number of nitrogens with two attached hydrogens (primary N) is 1. The van der Waals surface area contributed by atoms with E-state index in [0.29, 0.717) is 0 Å².